The highest BCUT2D eigenvalue weighted by Gasteiger charge is 2.33. The number of halogens is 3. The zero-order chi connectivity index (χ0) is 16.6. The molecule has 0 bridgehead atoms. The molecule has 10 heteroatoms. The fourth-order valence-electron chi connectivity index (χ4n) is 1.50. The summed E-state index contributed by atoms with van der Waals surface area (Å²) < 4.78 is 37.0. The summed E-state index contributed by atoms with van der Waals surface area (Å²) in [5.74, 6) is -2.77. The summed E-state index contributed by atoms with van der Waals surface area (Å²) in [6.07, 6.45) is -5.28. The van der Waals surface area contributed by atoms with Crippen molar-refractivity contribution in [1.82, 2.24) is 10.2 Å². The number of hydrogen-bond donors (Lipinski definition) is 3. The van der Waals surface area contributed by atoms with E-state index in [1.807, 2.05) is 5.32 Å². The van der Waals surface area contributed by atoms with E-state index < -0.39 is 49.6 Å². The molecule has 0 radical (unpaired) electrons. The highest BCUT2D eigenvalue weighted by molar-refractivity contribution is 5.83. The molecule has 21 heavy (non-hydrogen) atoms. The lowest BCUT2D eigenvalue weighted by atomic mass is 10.1. The van der Waals surface area contributed by atoms with E-state index in [0.29, 0.717) is 4.90 Å². The number of aliphatic carboxylic acids is 2. The first-order valence-electron chi connectivity index (χ1n) is 6.13. The van der Waals surface area contributed by atoms with Crippen LogP contribution in [0.1, 0.15) is 26.2 Å². The number of carbonyl (C=O) groups is 3. The smallest absolute Gasteiger partial charge is 0.406 e. The Morgan fingerprint density at radius 3 is 2.19 bits per heavy atom. The second-order valence-electron chi connectivity index (χ2n) is 4.31. The predicted octanol–water partition coefficient (Wildman–Crippen LogP) is 1.29. The van der Waals surface area contributed by atoms with E-state index in [0.717, 1.165) is 0 Å². The fraction of sp³-hybridized carbons (Fsp3) is 0.727. The van der Waals surface area contributed by atoms with Crippen LogP contribution in [0, 0.1) is 0 Å². The second kappa shape index (κ2) is 8.32. The molecule has 0 aliphatic heterocycles. The standard InChI is InChI=1S/C11H17F3N2O5/c1-2-5-16(6-11(12,13)14)10(21)15-7(9(19)20)3-4-8(17)18/h7H,2-6H2,1H3,(H,15,21)(H,17,18)(H,19,20). The molecule has 3 N–H and O–H groups in total. The highest BCUT2D eigenvalue weighted by Crippen LogP contribution is 2.17. The van der Waals surface area contributed by atoms with Crippen molar-refractivity contribution in [3.63, 3.8) is 0 Å². The Morgan fingerprint density at radius 1 is 1.24 bits per heavy atom. The molecule has 1 atom stereocenters. The van der Waals surface area contributed by atoms with E-state index in [1.54, 1.807) is 6.92 Å². The van der Waals surface area contributed by atoms with Crippen molar-refractivity contribution in [1.29, 1.82) is 0 Å². The van der Waals surface area contributed by atoms with E-state index in [4.69, 9.17) is 10.2 Å². The third-order valence-electron chi connectivity index (χ3n) is 2.39. The van der Waals surface area contributed by atoms with E-state index >= 15 is 0 Å². The summed E-state index contributed by atoms with van der Waals surface area (Å²) in [6, 6.07) is -2.74. The van der Waals surface area contributed by atoms with Crippen LogP contribution in [0.4, 0.5) is 18.0 Å². The first-order valence-corrected chi connectivity index (χ1v) is 6.13. The molecule has 0 saturated carbocycles. The minimum atomic E-state index is -4.60. The molecule has 0 aromatic carbocycles. The Bertz CT molecular complexity index is 387. The fourth-order valence-corrected chi connectivity index (χ4v) is 1.50. The second-order valence-corrected chi connectivity index (χ2v) is 4.31. The molecular formula is C11H17F3N2O5. The molecule has 0 rings (SSSR count). The lowest BCUT2D eigenvalue weighted by molar-refractivity contribution is -0.141. The van der Waals surface area contributed by atoms with Crippen LogP contribution in [0.15, 0.2) is 0 Å². The van der Waals surface area contributed by atoms with Crippen molar-refractivity contribution in [3.8, 4) is 0 Å². The number of nitrogens with one attached hydrogen (secondary N) is 1. The van der Waals surface area contributed by atoms with Gasteiger partial charge in [-0.25, -0.2) is 9.59 Å². The third-order valence-corrected chi connectivity index (χ3v) is 2.39. The van der Waals surface area contributed by atoms with Gasteiger partial charge in [0.05, 0.1) is 0 Å². The third kappa shape index (κ3) is 8.71. The normalized spacial score (nSPS) is 12.6. The first-order chi connectivity index (χ1) is 9.56. The topological polar surface area (TPSA) is 107 Å². The SMILES string of the molecule is CCCN(CC(F)(F)F)C(=O)NC(CCC(=O)O)C(=O)O. The molecule has 122 valence electrons. The van der Waals surface area contributed by atoms with Gasteiger partial charge in [0.2, 0.25) is 0 Å². The van der Waals surface area contributed by atoms with Crippen LogP contribution in [0.5, 0.6) is 0 Å². The first kappa shape index (κ1) is 19.0. The number of hydrogen-bond acceptors (Lipinski definition) is 3. The Kier molecular flexibility index (Phi) is 7.53. The predicted molar refractivity (Wildman–Crippen MR) is 64.7 cm³/mol. The summed E-state index contributed by atoms with van der Waals surface area (Å²) in [6.45, 7) is -0.135. The Labute approximate surface area is 118 Å². The largest absolute Gasteiger partial charge is 0.481 e. The molecule has 0 aromatic heterocycles. The minimum absolute atomic E-state index is 0.198. The van der Waals surface area contributed by atoms with Gasteiger partial charge in [-0.1, -0.05) is 6.92 Å². The van der Waals surface area contributed by atoms with Gasteiger partial charge in [-0.2, -0.15) is 13.2 Å². The van der Waals surface area contributed by atoms with Gasteiger partial charge in [0, 0.05) is 13.0 Å². The number of carboxylic acid groups (broad SMARTS) is 2. The summed E-state index contributed by atoms with van der Waals surface area (Å²) in [7, 11) is 0. The van der Waals surface area contributed by atoms with Gasteiger partial charge < -0.3 is 20.4 Å². The highest BCUT2D eigenvalue weighted by atomic mass is 19.4. The summed E-state index contributed by atoms with van der Waals surface area (Å²) in [4.78, 5) is 33.4. The quantitative estimate of drug-likeness (QED) is 0.626. The molecule has 2 amide bonds. The van der Waals surface area contributed by atoms with E-state index in [-0.39, 0.29) is 13.0 Å². The zero-order valence-electron chi connectivity index (χ0n) is 11.3. The number of urea groups is 1. The van der Waals surface area contributed by atoms with Crippen LogP contribution in [0.3, 0.4) is 0 Å². The Hall–Kier alpha value is -2.00. The minimum Gasteiger partial charge on any atom is -0.481 e. The number of nitrogens with zero attached hydrogens (tertiary/aromatic N) is 1. The number of carbonyl (C=O) groups excluding carboxylic acids is 1. The van der Waals surface area contributed by atoms with Gasteiger partial charge in [0.15, 0.2) is 0 Å². The summed E-state index contributed by atoms with van der Waals surface area (Å²) in [5.41, 5.74) is 0. The summed E-state index contributed by atoms with van der Waals surface area (Å²) >= 11 is 0. The van der Waals surface area contributed by atoms with Gasteiger partial charge in [-0.15, -0.1) is 0 Å². The average Bonchev–Trinajstić information content (AvgIpc) is 2.31. The monoisotopic (exact) mass is 314 g/mol. The molecule has 0 fully saturated rings. The van der Waals surface area contributed by atoms with Crippen LogP contribution in [-0.2, 0) is 9.59 Å². The lowest BCUT2D eigenvalue weighted by Crippen LogP contribution is -2.50. The number of alkyl halides is 3. The van der Waals surface area contributed by atoms with E-state index in [2.05, 4.69) is 0 Å². The molecule has 0 saturated heterocycles. The van der Waals surface area contributed by atoms with Crippen LogP contribution < -0.4 is 5.32 Å². The van der Waals surface area contributed by atoms with Crippen molar-refractivity contribution in [2.24, 2.45) is 0 Å². The van der Waals surface area contributed by atoms with Gasteiger partial charge in [0.25, 0.3) is 0 Å². The molecule has 0 aliphatic rings. The van der Waals surface area contributed by atoms with Crippen molar-refractivity contribution in [2.75, 3.05) is 13.1 Å². The van der Waals surface area contributed by atoms with Gasteiger partial charge in [0.1, 0.15) is 12.6 Å². The number of rotatable bonds is 8. The van der Waals surface area contributed by atoms with Crippen molar-refractivity contribution < 1.29 is 37.8 Å². The van der Waals surface area contributed by atoms with E-state index in [1.165, 1.54) is 0 Å². The summed E-state index contributed by atoms with van der Waals surface area (Å²) in [5, 5.41) is 19.2. The molecule has 7 nitrogen and oxygen atoms in total. The molecule has 1 unspecified atom stereocenters. The van der Waals surface area contributed by atoms with Crippen molar-refractivity contribution in [3.05, 3.63) is 0 Å². The van der Waals surface area contributed by atoms with Crippen LogP contribution in [0.25, 0.3) is 0 Å². The van der Waals surface area contributed by atoms with Crippen molar-refractivity contribution >= 4 is 18.0 Å². The van der Waals surface area contributed by atoms with Crippen molar-refractivity contribution in [2.45, 2.75) is 38.4 Å². The van der Waals surface area contributed by atoms with Crippen LogP contribution in [-0.4, -0.2) is 58.4 Å². The van der Waals surface area contributed by atoms with E-state index in [9.17, 15) is 27.6 Å². The average molecular weight is 314 g/mol. The number of carboxylic acids is 2. The lowest BCUT2D eigenvalue weighted by Gasteiger charge is -2.25. The van der Waals surface area contributed by atoms with Gasteiger partial charge in [-0.05, 0) is 12.8 Å². The molecule has 0 heterocycles. The number of amides is 2. The Morgan fingerprint density at radius 2 is 1.81 bits per heavy atom. The molecule has 0 aromatic rings. The maximum absolute atomic E-state index is 12.3. The van der Waals surface area contributed by atoms with Gasteiger partial charge in [-0.3, -0.25) is 4.79 Å². The van der Waals surface area contributed by atoms with Gasteiger partial charge >= 0.3 is 24.1 Å². The molecule has 0 aliphatic carbocycles. The Balaban J connectivity index is 4.74. The zero-order valence-corrected chi connectivity index (χ0v) is 11.3. The molecular weight excluding hydrogens is 297 g/mol. The van der Waals surface area contributed by atoms with Crippen LogP contribution in [0.2, 0.25) is 0 Å². The maximum atomic E-state index is 12.3. The van der Waals surface area contributed by atoms with Crippen LogP contribution >= 0.6 is 0 Å². The maximum Gasteiger partial charge on any atom is 0.406 e. The molecule has 0 spiro atoms.